The molecule has 3 N–H and O–H groups in total. The number of aromatic nitrogens is 3. The second-order valence-corrected chi connectivity index (χ2v) is 2.94. The number of nitrogens with two attached hydrogens (primary N) is 1. The molecule has 1 aromatic rings. The summed E-state index contributed by atoms with van der Waals surface area (Å²) in [6.45, 7) is 6.72. The monoisotopic (exact) mass is 258 g/mol. The van der Waals surface area contributed by atoms with Crippen LogP contribution in [-0.2, 0) is 14.5 Å². The summed E-state index contributed by atoms with van der Waals surface area (Å²) in [6.07, 6.45) is 0. The number of nitrogens with one attached hydrogen (secondary N) is 1. The third-order valence-corrected chi connectivity index (χ3v) is 1.60. The van der Waals surface area contributed by atoms with Gasteiger partial charge in [-0.2, -0.15) is 15.0 Å². The average molecular weight is 258 g/mol. The van der Waals surface area contributed by atoms with Crippen molar-refractivity contribution in [2.24, 2.45) is 0 Å². The molecule has 1 rings (SSSR count). The van der Waals surface area contributed by atoms with Gasteiger partial charge in [-0.3, -0.25) is 4.84 Å². The van der Waals surface area contributed by atoms with Crippen LogP contribution in [0.2, 0.25) is 0 Å². The smallest absolute Gasteiger partial charge is 0.284 e. The lowest BCUT2D eigenvalue weighted by atomic mass is 10.8. The van der Waals surface area contributed by atoms with Gasteiger partial charge in [-0.05, 0) is 20.8 Å². The summed E-state index contributed by atoms with van der Waals surface area (Å²) in [5.74, 6) is 0.365. The first-order valence-electron chi connectivity index (χ1n) is 5.66. The van der Waals surface area contributed by atoms with Crippen molar-refractivity contribution in [3.8, 4) is 0 Å². The van der Waals surface area contributed by atoms with E-state index in [0.29, 0.717) is 19.8 Å². The van der Waals surface area contributed by atoms with Gasteiger partial charge in [0.15, 0.2) is 0 Å². The van der Waals surface area contributed by atoms with Crippen molar-refractivity contribution in [2.45, 2.75) is 20.8 Å². The van der Waals surface area contributed by atoms with Crippen LogP contribution >= 0.6 is 0 Å². The molecule has 0 atom stereocenters. The van der Waals surface area contributed by atoms with Crippen LogP contribution in [-0.4, -0.2) is 34.8 Å². The first-order chi connectivity index (χ1) is 8.71. The SMILES string of the molecule is CCONc1nc(N)nc(N(OCC)OCC)n1. The van der Waals surface area contributed by atoms with Crippen molar-refractivity contribution in [3.05, 3.63) is 0 Å². The lowest BCUT2D eigenvalue weighted by Gasteiger charge is -2.19. The summed E-state index contributed by atoms with van der Waals surface area (Å²) < 4.78 is 0. The Labute approximate surface area is 105 Å². The molecular weight excluding hydrogens is 240 g/mol. The zero-order valence-corrected chi connectivity index (χ0v) is 10.7. The van der Waals surface area contributed by atoms with Crippen LogP contribution < -0.4 is 16.4 Å². The number of rotatable bonds is 8. The molecule has 0 aromatic carbocycles. The molecule has 0 saturated heterocycles. The summed E-state index contributed by atoms with van der Waals surface area (Å²) in [6, 6.07) is 0. The Morgan fingerprint density at radius 3 is 2.28 bits per heavy atom. The van der Waals surface area contributed by atoms with E-state index in [9.17, 15) is 0 Å². The second-order valence-electron chi connectivity index (χ2n) is 2.94. The zero-order chi connectivity index (χ0) is 13.4. The topological polar surface area (TPSA) is 108 Å². The van der Waals surface area contributed by atoms with Crippen molar-refractivity contribution in [1.82, 2.24) is 15.0 Å². The predicted molar refractivity (Wildman–Crippen MR) is 65.2 cm³/mol. The molecule has 0 saturated carbocycles. The normalized spacial score (nSPS) is 10.4. The van der Waals surface area contributed by atoms with Crippen LogP contribution in [0.4, 0.5) is 17.8 Å². The molecule has 0 aliphatic carbocycles. The summed E-state index contributed by atoms with van der Waals surface area (Å²) in [5, 5.41) is 1.09. The van der Waals surface area contributed by atoms with E-state index in [4.69, 9.17) is 20.2 Å². The van der Waals surface area contributed by atoms with Crippen molar-refractivity contribution in [1.29, 1.82) is 0 Å². The quantitative estimate of drug-likeness (QED) is 0.645. The summed E-state index contributed by atoms with van der Waals surface area (Å²) in [5.41, 5.74) is 8.10. The maximum Gasteiger partial charge on any atom is 0.284 e. The summed E-state index contributed by atoms with van der Waals surface area (Å²) in [4.78, 5) is 27.2. The lowest BCUT2D eigenvalue weighted by molar-refractivity contribution is -0.0850. The van der Waals surface area contributed by atoms with Gasteiger partial charge in [-0.15, -0.1) is 0 Å². The molecule has 1 heterocycles. The Morgan fingerprint density at radius 2 is 1.72 bits per heavy atom. The van der Waals surface area contributed by atoms with E-state index in [1.54, 1.807) is 0 Å². The fourth-order valence-electron chi connectivity index (χ4n) is 1.03. The van der Waals surface area contributed by atoms with Crippen molar-refractivity contribution in [2.75, 3.05) is 36.3 Å². The van der Waals surface area contributed by atoms with Crippen LogP contribution in [0, 0.1) is 0 Å². The Bertz CT molecular complexity index is 358. The van der Waals surface area contributed by atoms with Gasteiger partial charge < -0.3 is 5.73 Å². The van der Waals surface area contributed by atoms with Crippen LogP contribution in [0.15, 0.2) is 0 Å². The third kappa shape index (κ3) is 4.28. The van der Waals surface area contributed by atoms with Gasteiger partial charge >= 0.3 is 0 Å². The molecule has 0 aliphatic rings. The van der Waals surface area contributed by atoms with E-state index in [1.807, 2.05) is 20.8 Å². The van der Waals surface area contributed by atoms with E-state index in [0.717, 1.165) is 5.23 Å². The highest BCUT2D eigenvalue weighted by Crippen LogP contribution is 2.12. The molecule has 0 fully saturated rings. The summed E-state index contributed by atoms with van der Waals surface area (Å²) >= 11 is 0. The number of anilines is 3. The molecule has 0 unspecified atom stereocenters. The predicted octanol–water partition coefficient (Wildman–Crippen LogP) is 0.527. The maximum atomic E-state index is 5.57. The van der Waals surface area contributed by atoms with Gasteiger partial charge in [0.25, 0.3) is 11.9 Å². The number of nitrogen functional groups attached to an aromatic ring is 1. The van der Waals surface area contributed by atoms with Crippen molar-refractivity contribution in [3.63, 3.8) is 0 Å². The molecular formula is C9H18N6O3. The molecule has 0 aliphatic heterocycles. The van der Waals surface area contributed by atoms with Gasteiger partial charge in [0.1, 0.15) is 0 Å². The van der Waals surface area contributed by atoms with Gasteiger partial charge in [-0.1, -0.05) is 5.23 Å². The maximum absolute atomic E-state index is 5.57. The molecule has 18 heavy (non-hydrogen) atoms. The Kier molecular flexibility index (Phi) is 6.05. The number of hydrogen-bond donors (Lipinski definition) is 2. The van der Waals surface area contributed by atoms with Crippen LogP contribution in [0.5, 0.6) is 0 Å². The third-order valence-electron chi connectivity index (χ3n) is 1.60. The molecule has 1 aromatic heterocycles. The first-order valence-corrected chi connectivity index (χ1v) is 5.66. The van der Waals surface area contributed by atoms with Crippen LogP contribution in [0.1, 0.15) is 20.8 Å². The van der Waals surface area contributed by atoms with E-state index < -0.39 is 0 Å². The van der Waals surface area contributed by atoms with Crippen molar-refractivity contribution < 1.29 is 14.5 Å². The van der Waals surface area contributed by atoms with Gasteiger partial charge in [0.05, 0.1) is 19.8 Å². The minimum atomic E-state index is 0.0339. The molecule has 0 amide bonds. The first kappa shape index (κ1) is 14.4. The molecule has 102 valence electrons. The fourth-order valence-corrected chi connectivity index (χ4v) is 1.03. The Morgan fingerprint density at radius 1 is 1.06 bits per heavy atom. The molecule has 0 bridgehead atoms. The van der Waals surface area contributed by atoms with E-state index >= 15 is 0 Å². The average Bonchev–Trinajstić information content (AvgIpc) is 2.35. The van der Waals surface area contributed by atoms with Crippen LogP contribution in [0.25, 0.3) is 0 Å². The highest BCUT2D eigenvalue weighted by molar-refractivity contribution is 5.37. The fraction of sp³-hybridized carbons (Fsp3) is 0.667. The second kappa shape index (κ2) is 7.58. The Balaban J connectivity index is 2.87. The highest BCUT2D eigenvalue weighted by atomic mass is 16.9. The molecule has 9 nitrogen and oxygen atoms in total. The van der Waals surface area contributed by atoms with Gasteiger partial charge in [-0.25, -0.2) is 15.2 Å². The Hall–Kier alpha value is -1.71. The number of hydrogen-bond acceptors (Lipinski definition) is 9. The van der Waals surface area contributed by atoms with Gasteiger partial charge in [0.2, 0.25) is 5.95 Å². The van der Waals surface area contributed by atoms with E-state index in [-0.39, 0.29) is 17.8 Å². The van der Waals surface area contributed by atoms with Gasteiger partial charge in [0, 0.05) is 0 Å². The highest BCUT2D eigenvalue weighted by Gasteiger charge is 2.13. The minimum absolute atomic E-state index is 0.0339. The molecule has 9 heteroatoms. The number of nitrogens with zero attached hydrogens (tertiary/aromatic N) is 4. The standard InChI is InChI=1S/C9H18N6O3/c1-4-16-14-8-11-7(10)12-9(13-8)15(17-5-2)18-6-3/h4-6H2,1-3H3,(H3,10,11,12,13,14). The summed E-state index contributed by atoms with van der Waals surface area (Å²) in [7, 11) is 0. The van der Waals surface area contributed by atoms with Crippen LogP contribution in [0.3, 0.4) is 0 Å². The van der Waals surface area contributed by atoms with E-state index in [1.165, 1.54) is 0 Å². The van der Waals surface area contributed by atoms with Crippen molar-refractivity contribution >= 4 is 17.8 Å². The largest absolute Gasteiger partial charge is 0.368 e. The molecule has 0 radical (unpaired) electrons. The zero-order valence-electron chi connectivity index (χ0n) is 10.7. The lowest BCUT2D eigenvalue weighted by Crippen LogP contribution is -2.27. The van der Waals surface area contributed by atoms with E-state index in [2.05, 4.69) is 20.4 Å². The molecule has 0 spiro atoms. The minimum Gasteiger partial charge on any atom is -0.368 e.